The van der Waals surface area contributed by atoms with E-state index >= 15 is 0 Å². The molecule has 0 radical (unpaired) electrons. The average Bonchev–Trinajstić information content (AvgIpc) is 3.59. The normalized spacial score (nSPS) is 19.5. The topological polar surface area (TPSA) is 214 Å². The molecule has 1 atom stereocenters. The van der Waals surface area contributed by atoms with Gasteiger partial charge in [-0.05, 0) is 37.2 Å². The largest absolute Gasteiger partial charge is 0.480 e. The summed E-state index contributed by atoms with van der Waals surface area (Å²) in [7, 11) is 1.93. The highest BCUT2D eigenvalue weighted by atomic mass is 32.2. The number of halogens is 3. The van der Waals surface area contributed by atoms with Gasteiger partial charge in [-0.2, -0.15) is 3.89 Å². The summed E-state index contributed by atoms with van der Waals surface area (Å²) < 4.78 is 40.9. The second-order valence-electron chi connectivity index (χ2n) is 16.5. The third-order valence-corrected chi connectivity index (χ3v) is 12.3. The standard InChI is InChI=1S/C41H59F3N10O9S.C2H4/c1-47(30-3-4-34-33(21-30)32(5-6-45-34)40(63)46-23-35(55)54-29-41(42,43)22-31(54)28-64-44)7-2-8-48-17-19-53(20-18-48)36(56)24-49-9-11-50(25-37(57)58)13-15-52(27-39(61)62)16-14-51(12-10-49)26-38(59)60;1-2/h3-6,21,31H,2,7-20,22-29H2,1H3,(H,46,63)(H,57,58)(H,59,60)(H,61,62);1-2H2. The van der Waals surface area contributed by atoms with Crippen molar-refractivity contribution in [2.75, 3.05) is 149 Å². The number of carboxylic acid groups (broad SMARTS) is 3. The molecule has 366 valence electrons. The molecule has 5 rings (SSSR count). The van der Waals surface area contributed by atoms with E-state index < -0.39 is 61.2 Å². The van der Waals surface area contributed by atoms with E-state index in [0.29, 0.717) is 82.9 Å². The molecule has 3 saturated heterocycles. The van der Waals surface area contributed by atoms with Gasteiger partial charge < -0.3 is 35.3 Å². The van der Waals surface area contributed by atoms with Gasteiger partial charge in [0.15, 0.2) is 0 Å². The van der Waals surface area contributed by atoms with Crippen LogP contribution in [-0.4, -0.2) is 246 Å². The molecule has 19 nitrogen and oxygen atoms in total. The molecular formula is C43H63F3N10O9S. The number of amides is 3. The van der Waals surface area contributed by atoms with E-state index in [0.717, 1.165) is 23.6 Å². The number of alkyl halides is 2. The van der Waals surface area contributed by atoms with Crippen molar-refractivity contribution in [2.45, 2.75) is 24.8 Å². The highest BCUT2D eigenvalue weighted by molar-refractivity contribution is 7.94. The van der Waals surface area contributed by atoms with Crippen molar-refractivity contribution in [3.05, 3.63) is 49.2 Å². The lowest BCUT2D eigenvalue weighted by Crippen LogP contribution is -2.53. The predicted octanol–water partition coefficient (Wildman–Crippen LogP) is 1.07. The smallest absolute Gasteiger partial charge is 0.317 e. The zero-order chi connectivity index (χ0) is 48.4. The Hall–Kier alpha value is -5.07. The molecule has 3 amide bonds. The van der Waals surface area contributed by atoms with Gasteiger partial charge in [0, 0.05) is 140 Å². The van der Waals surface area contributed by atoms with Crippen LogP contribution in [0.25, 0.3) is 10.9 Å². The summed E-state index contributed by atoms with van der Waals surface area (Å²) in [5.41, 5.74) is 1.64. The second-order valence-corrected chi connectivity index (χ2v) is 17.1. The van der Waals surface area contributed by atoms with Crippen LogP contribution in [0.5, 0.6) is 0 Å². The summed E-state index contributed by atoms with van der Waals surface area (Å²) >= 11 is -0.106. The molecule has 1 aromatic heterocycles. The number of hydrogen-bond donors (Lipinski definition) is 4. The van der Waals surface area contributed by atoms with Crippen molar-refractivity contribution in [1.82, 2.24) is 44.6 Å². The maximum absolute atomic E-state index is 14.0. The second kappa shape index (κ2) is 26.3. The Kier molecular flexibility index (Phi) is 21.3. The maximum Gasteiger partial charge on any atom is 0.317 e. The number of aliphatic carboxylic acids is 3. The van der Waals surface area contributed by atoms with E-state index in [1.165, 1.54) is 12.3 Å². The first-order chi connectivity index (χ1) is 31.5. The number of nitrogens with one attached hydrogen (secondary N) is 1. The molecule has 1 aromatic carbocycles. The molecule has 0 saturated carbocycles. The number of aromatic nitrogens is 1. The molecule has 0 spiro atoms. The summed E-state index contributed by atoms with van der Waals surface area (Å²) in [5.74, 6) is -7.83. The first-order valence-electron chi connectivity index (χ1n) is 21.8. The Morgan fingerprint density at radius 1 is 0.773 bits per heavy atom. The van der Waals surface area contributed by atoms with Crippen LogP contribution in [0.1, 0.15) is 23.2 Å². The summed E-state index contributed by atoms with van der Waals surface area (Å²) in [6, 6.07) is 6.07. The SMILES string of the molecule is C=C.CN(CCCN1CCN(C(=O)CN2CCN(CC(=O)O)CCN(CC(=O)O)CCN(CC(=O)O)CC2)CC1)c1ccc2nccc(C(=O)NCC(=O)N3CC(F)(F)CC3CSF)c2c1. The highest BCUT2D eigenvalue weighted by Crippen LogP contribution is 2.34. The fraction of sp³-hybridized carbons (Fsp3) is 0.605. The van der Waals surface area contributed by atoms with Crippen LogP contribution in [0, 0.1) is 0 Å². The summed E-state index contributed by atoms with van der Waals surface area (Å²) in [6.45, 7) is 10.4. The van der Waals surface area contributed by atoms with Crippen molar-refractivity contribution in [3.8, 4) is 0 Å². The predicted molar refractivity (Wildman–Crippen MR) is 244 cm³/mol. The fourth-order valence-electron chi connectivity index (χ4n) is 8.29. The van der Waals surface area contributed by atoms with Gasteiger partial charge in [-0.15, -0.1) is 13.2 Å². The number of hydrogen-bond acceptors (Lipinski definition) is 14. The number of carbonyl (C=O) groups is 6. The number of likely N-dealkylation sites (tertiary alicyclic amines) is 1. The van der Waals surface area contributed by atoms with Crippen molar-refractivity contribution >= 4 is 64.4 Å². The van der Waals surface area contributed by atoms with Gasteiger partial charge in [-0.3, -0.25) is 58.3 Å². The van der Waals surface area contributed by atoms with Gasteiger partial charge in [0.25, 0.3) is 11.8 Å². The number of fused-ring (bicyclic) bond motifs is 1. The summed E-state index contributed by atoms with van der Waals surface area (Å²) in [4.78, 5) is 92.9. The van der Waals surface area contributed by atoms with E-state index in [2.05, 4.69) is 28.4 Å². The Labute approximate surface area is 387 Å². The van der Waals surface area contributed by atoms with Crippen molar-refractivity contribution in [2.24, 2.45) is 0 Å². The van der Waals surface area contributed by atoms with Gasteiger partial charge in [0.2, 0.25) is 11.8 Å². The molecule has 0 aliphatic carbocycles. The van der Waals surface area contributed by atoms with Crippen LogP contribution in [0.4, 0.5) is 18.4 Å². The van der Waals surface area contributed by atoms with Crippen molar-refractivity contribution < 1.29 is 56.8 Å². The third kappa shape index (κ3) is 17.0. The first-order valence-corrected chi connectivity index (χ1v) is 22.7. The number of nitrogens with zero attached hydrogens (tertiary/aromatic N) is 9. The van der Waals surface area contributed by atoms with Crippen LogP contribution in [-0.2, 0) is 24.0 Å². The van der Waals surface area contributed by atoms with Crippen LogP contribution < -0.4 is 10.2 Å². The van der Waals surface area contributed by atoms with Gasteiger partial charge in [0.1, 0.15) is 0 Å². The van der Waals surface area contributed by atoms with Crippen molar-refractivity contribution in [3.63, 3.8) is 0 Å². The maximum atomic E-state index is 14.0. The molecule has 3 fully saturated rings. The Balaban J connectivity index is 0.00000469. The molecule has 4 N–H and O–H groups in total. The number of rotatable bonds is 18. The lowest BCUT2D eigenvalue weighted by atomic mass is 10.1. The lowest BCUT2D eigenvalue weighted by Gasteiger charge is -2.37. The number of carboxylic acids is 3. The lowest BCUT2D eigenvalue weighted by molar-refractivity contribution is -0.141. The van der Waals surface area contributed by atoms with Crippen LogP contribution in [0.3, 0.4) is 0 Å². The number of piperazine rings is 1. The zero-order valence-corrected chi connectivity index (χ0v) is 38.3. The third-order valence-electron chi connectivity index (χ3n) is 11.8. The molecule has 1 unspecified atom stereocenters. The molecule has 3 aliphatic heterocycles. The minimum absolute atomic E-state index is 0.0724. The molecule has 23 heteroatoms. The van der Waals surface area contributed by atoms with E-state index in [4.69, 9.17) is 0 Å². The molecule has 4 heterocycles. The molecule has 2 aromatic rings. The minimum atomic E-state index is -3.12. The number of pyridine rings is 1. The molecule has 3 aliphatic rings. The number of benzene rings is 1. The summed E-state index contributed by atoms with van der Waals surface area (Å²) in [6.07, 6.45) is 1.64. The van der Waals surface area contributed by atoms with Gasteiger partial charge >= 0.3 is 17.9 Å². The molecule has 0 bridgehead atoms. The zero-order valence-electron chi connectivity index (χ0n) is 37.5. The Bertz CT molecular complexity index is 1940. The van der Waals surface area contributed by atoms with Crippen LogP contribution in [0.15, 0.2) is 43.6 Å². The van der Waals surface area contributed by atoms with Crippen LogP contribution >= 0.6 is 12.1 Å². The van der Waals surface area contributed by atoms with E-state index in [-0.39, 0.29) is 68.6 Å². The minimum Gasteiger partial charge on any atom is -0.480 e. The quantitative estimate of drug-likeness (QED) is 0.154. The highest BCUT2D eigenvalue weighted by Gasteiger charge is 2.46. The number of carbonyl (C=O) groups excluding carboxylic acids is 3. The Morgan fingerprint density at radius 3 is 1.80 bits per heavy atom. The van der Waals surface area contributed by atoms with Gasteiger partial charge in [0.05, 0.1) is 50.3 Å². The number of anilines is 1. The first kappa shape index (κ1) is 53.5. The fourth-order valence-corrected chi connectivity index (χ4v) is 8.73. The van der Waals surface area contributed by atoms with Crippen LogP contribution in [0.2, 0.25) is 0 Å². The van der Waals surface area contributed by atoms with Crippen molar-refractivity contribution in [1.29, 1.82) is 0 Å². The van der Waals surface area contributed by atoms with Gasteiger partial charge in [-0.1, -0.05) is 0 Å². The van der Waals surface area contributed by atoms with E-state index in [1.54, 1.807) is 20.8 Å². The van der Waals surface area contributed by atoms with E-state index in [1.807, 2.05) is 33.9 Å². The monoisotopic (exact) mass is 952 g/mol. The Morgan fingerprint density at radius 2 is 1.29 bits per heavy atom. The van der Waals surface area contributed by atoms with E-state index in [9.17, 15) is 56.8 Å². The molecular weight excluding hydrogens is 890 g/mol. The van der Waals surface area contributed by atoms with Gasteiger partial charge in [-0.25, -0.2) is 8.78 Å². The average molecular weight is 953 g/mol. The molecule has 66 heavy (non-hydrogen) atoms. The summed E-state index contributed by atoms with van der Waals surface area (Å²) in [5, 5.41) is 31.5.